The van der Waals surface area contributed by atoms with Crippen molar-refractivity contribution in [3.63, 3.8) is 0 Å². The van der Waals surface area contributed by atoms with E-state index in [2.05, 4.69) is 4.98 Å². The van der Waals surface area contributed by atoms with Crippen molar-refractivity contribution < 1.29 is 14.3 Å². The van der Waals surface area contributed by atoms with Crippen molar-refractivity contribution in [2.24, 2.45) is 0 Å². The first-order valence-corrected chi connectivity index (χ1v) is 9.51. The molecule has 3 aromatic rings. The molecule has 0 radical (unpaired) electrons. The fraction of sp³-hybridized carbons (Fsp3) is 0.381. The maximum Gasteiger partial charge on any atom is 0.297 e. The highest BCUT2D eigenvalue weighted by molar-refractivity contribution is 5.76. The Balaban J connectivity index is 1.35. The molecule has 1 aliphatic heterocycles. The predicted molar refractivity (Wildman–Crippen MR) is 104 cm³/mol. The van der Waals surface area contributed by atoms with Crippen LogP contribution in [-0.2, 0) is 17.8 Å². The third-order valence-corrected chi connectivity index (χ3v) is 5.42. The first kappa shape index (κ1) is 18.4. The van der Waals surface area contributed by atoms with Crippen LogP contribution in [-0.4, -0.2) is 44.2 Å². The van der Waals surface area contributed by atoms with Crippen LogP contribution in [0.25, 0.3) is 11.1 Å². The van der Waals surface area contributed by atoms with Gasteiger partial charge in [-0.3, -0.25) is 14.2 Å². The zero-order valence-electron chi connectivity index (χ0n) is 15.6. The van der Waals surface area contributed by atoms with Crippen molar-refractivity contribution in [3.05, 3.63) is 64.9 Å². The summed E-state index contributed by atoms with van der Waals surface area (Å²) in [4.78, 5) is 30.9. The summed E-state index contributed by atoms with van der Waals surface area (Å²) in [6.07, 6.45) is 4.89. The number of hydrogen-bond acceptors (Lipinski definition) is 5. The quantitative estimate of drug-likeness (QED) is 0.730. The van der Waals surface area contributed by atoms with Crippen LogP contribution in [0.3, 0.4) is 0 Å². The Kier molecular flexibility index (Phi) is 5.00. The van der Waals surface area contributed by atoms with Crippen molar-refractivity contribution >= 4 is 17.0 Å². The molecule has 0 saturated carbocycles. The van der Waals surface area contributed by atoms with Gasteiger partial charge in [-0.05, 0) is 24.8 Å². The van der Waals surface area contributed by atoms with Gasteiger partial charge in [0, 0.05) is 25.6 Å². The highest BCUT2D eigenvalue weighted by Gasteiger charge is 2.34. The number of rotatable bonds is 5. The second kappa shape index (κ2) is 7.59. The maximum atomic E-state index is 12.5. The van der Waals surface area contributed by atoms with Gasteiger partial charge in [0.25, 0.3) is 5.56 Å². The van der Waals surface area contributed by atoms with Gasteiger partial charge in [-0.2, -0.15) is 0 Å². The molecule has 2 aromatic heterocycles. The van der Waals surface area contributed by atoms with Gasteiger partial charge in [0.1, 0.15) is 5.52 Å². The number of aryl methyl sites for hydroxylation is 1. The van der Waals surface area contributed by atoms with Gasteiger partial charge < -0.3 is 14.4 Å². The molecule has 1 N–H and O–H groups in total. The number of carbonyl (C=O) groups excluding carboxylic acids is 1. The van der Waals surface area contributed by atoms with E-state index in [-0.39, 0.29) is 23.6 Å². The summed E-state index contributed by atoms with van der Waals surface area (Å²) in [6.45, 7) is 1.10. The first-order chi connectivity index (χ1) is 13.5. The molecule has 0 spiro atoms. The average molecular weight is 381 g/mol. The molecule has 0 unspecified atom stereocenters. The number of carbonyl (C=O) groups is 1. The van der Waals surface area contributed by atoms with Crippen LogP contribution in [0, 0.1) is 0 Å². The van der Waals surface area contributed by atoms with Crippen molar-refractivity contribution in [1.82, 2.24) is 14.5 Å². The monoisotopic (exact) mass is 381 g/mol. The summed E-state index contributed by atoms with van der Waals surface area (Å²) in [5.74, 6) is 0.0988. The van der Waals surface area contributed by atoms with E-state index in [4.69, 9.17) is 4.42 Å². The molecule has 4 rings (SSSR count). The normalized spacial score (nSPS) is 16.4. The lowest BCUT2D eigenvalue weighted by Crippen LogP contribution is -2.49. The second-order valence-corrected chi connectivity index (χ2v) is 7.40. The molecule has 1 amide bonds. The molecule has 0 atom stereocenters. The lowest BCUT2D eigenvalue weighted by atomic mass is 9.91. The first-order valence-electron chi connectivity index (χ1n) is 9.51. The zero-order valence-corrected chi connectivity index (χ0v) is 15.6. The Morgan fingerprint density at radius 3 is 2.68 bits per heavy atom. The molecular weight excluding hydrogens is 358 g/mol. The molecule has 1 saturated heterocycles. The minimum Gasteiger partial charge on any atom is -0.457 e. The van der Waals surface area contributed by atoms with Crippen LogP contribution in [0.2, 0.25) is 0 Å². The second-order valence-electron chi connectivity index (χ2n) is 7.40. The van der Waals surface area contributed by atoms with Crippen LogP contribution >= 0.6 is 0 Å². The smallest absolute Gasteiger partial charge is 0.297 e. The Morgan fingerprint density at radius 2 is 1.93 bits per heavy atom. The van der Waals surface area contributed by atoms with Gasteiger partial charge in [-0.25, -0.2) is 4.98 Å². The minimum absolute atomic E-state index is 0.0988. The van der Waals surface area contributed by atoms with E-state index in [1.54, 1.807) is 11.0 Å². The van der Waals surface area contributed by atoms with Crippen LogP contribution in [0.1, 0.15) is 24.8 Å². The van der Waals surface area contributed by atoms with E-state index in [9.17, 15) is 14.7 Å². The summed E-state index contributed by atoms with van der Waals surface area (Å²) in [5.41, 5.74) is 0.503. The van der Waals surface area contributed by atoms with Gasteiger partial charge in [-0.1, -0.05) is 30.3 Å². The molecule has 1 fully saturated rings. The SMILES string of the molecule is O=C(CCc1ccccc1)N1CCC(O)(Cn2cnc3ccoc3c2=O)CC1. The molecule has 1 aromatic carbocycles. The Labute approximate surface area is 162 Å². The number of benzene rings is 1. The van der Waals surface area contributed by atoms with E-state index < -0.39 is 5.60 Å². The number of amides is 1. The molecule has 7 heteroatoms. The fourth-order valence-corrected chi connectivity index (χ4v) is 3.69. The number of likely N-dealkylation sites (tertiary alicyclic amines) is 1. The van der Waals surface area contributed by atoms with Crippen molar-refractivity contribution in [2.45, 2.75) is 37.8 Å². The molecule has 3 heterocycles. The lowest BCUT2D eigenvalue weighted by Gasteiger charge is -2.38. The standard InChI is InChI=1S/C21H23N3O4/c25-18(7-6-16-4-2-1-3-5-16)23-11-9-21(27,10-12-23)14-24-15-22-17-8-13-28-19(17)20(24)26/h1-5,8,13,15,27H,6-7,9-12,14H2. The van der Waals surface area contributed by atoms with Crippen LogP contribution in [0.5, 0.6) is 0 Å². The molecule has 7 nitrogen and oxygen atoms in total. The number of piperidine rings is 1. The maximum absolute atomic E-state index is 12.5. The molecule has 0 aliphatic carbocycles. The van der Waals surface area contributed by atoms with Gasteiger partial charge in [0.05, 0.1) is 24.7 Å². The number of furan rings is 1. The van der Waals surface area contributed by atoms with E-state index >= 15 is 0 Å². The van der Waals surface area contributed by atoms with E-state index in [0.717, 1.165) is 5.56 Å². The van der Waals surface area contributed by atoms with Gasteiger partial charge >= 0.3 is 0 Å². The van der Waals surface area contributed by atoms with Crippen LogP contribution < -0.4 is 5.56 Å². The summed E-state index contributed by atoms with van der Waals surface area (Å²) in [6, 6.07) is 11.6. The van der Waals surface area contributed by atoms with Crippen LogP contribution in [0.15, 0.2) is 58.2 Å². The van der Waals surface area contributed by atoms with E-state index in [1.807, 2.05) is 30.3 Å². The minimum atomic E-state index is -1.04. The Bertz CT molecular complexity index is 1020. The molecule has 1 aliphatic rings. The topological polar surface area (TPSA) is 88.6 Å². The molecule has 0 bridgehead atoms. The summed E-state index contributed by atoms with van der Waals surface area (Å²) >= 11 is 0. The average Bonchev–Trinajstić information content (AvgIpc) is 3.19. The summed E-state index contributed by atoms with van der Waals surface area (Å²) in [5, 5.41) is 10.9. The highest BCUT2D eigenvalue weighted by atomic mass is 16.3. The van der Waals surface area contributed by atoms with Gasteiger partial charge in [0.15, 0.2) is 0 Å². The number of hydrogen-bond donors (Lipinski definition) is 1. The van der Waals surface area contributed by atoms with E-state index in [0.29, 0.717) is 44.3 Å². The van der Waals surface area contributed by atoms with Gasteiger partial charge in [-0.15, -0.1) is 0 Å². The molecule has 146 valence electrons. The highest BCUT2D eigenvalue weighted by Crippen LogP contribution is 2.24. The fourth-order valence-electron chi connectivity index (χ4n) is 3.69. The number of aromatic nitrogens is 2. The number of fused-ring (bicyclic) bond motifs is 1. The van der Waals surface area contributed by atoms with Crippen molar-refractivity contribution in [2.75, 3.05) is 13.1 Å². The number of aliphatic hydroxyl groups is 1. The lowest BCUT2D eigenvalue weighted by molar-refractivity contribution is -0.135. The summed E-state index contributed by atoms with van der Waals surface area (Å²) in [7, 11) is 0. The van der Waals surface area contributed by atoms with Crippen molar-refractivity contribution in [3.8, 4) is 0 Å². The largest absolute Gasteiger partial charge is 0.457 e. The van der Waals surface area contributed by atoms with Crippen molar-refractivity contribution in [1.29, 1.82) is 0 Å². The van der Waals surface area contributed by atoms with Crippen LogP contribution in [0.4, 0.5) is 0 Å². The molecule has 28 heavy (non-hydrogen) atoms. The Hall–Kier alpha value is -2.93. The summed E-state index contributed by atoms with van der Waals surface area (Å²) < 4.78 is 6.58. The number of nitrogens with zero attached hydrogens (tertiary/aromatic N) is 3. The Morgan fingerprint density at radius 1 is 1.18 bits per heavy atom. The predicted octanol–water partition coefficient (Wildman–Crippen LogP) is 1.98. The molecular formula is C21H23N3O4. The van der Waals surface area contributed by atoms with E-state index in [1.165, 1.54) is 17.2 Å². The third kappa shape index (κ3) is 3.84. The van der Waals surface area contributed by atoms with Gasteiger partial charge in [0.2, 0.25) is 11.5 Å². The third-order valence-electron chi connectivity index (χ3n) is 5.42. The zero-order chi connectivity index (χ0) is 19.6.